The van der Waals surface area contributed by atoms with Crippen molar-refractivity contribution in [3.8, 4) is 28.4 Å². The Kier molecular flexibility index (Phi) is 6.20. The molecule has 1 unspecified atom stereocenters. The maximum atomic E-state index is 14.2. The lowest BCUT2D eigenvalue weighted by Crippen LogP contribution is -2.25. The van der Waals surface area contributed by atoms with Gasteiger partial charge < -0.3 is 10.4 Å². The Morgan fingerprint density at radius 2 is 1.73 bits per heavy atom. The molecule has 184 valence electrons. The number of rotatable bonds is 6. The highest BCUT2D eigenvalue weighted by atomic mass is 16.3. The summed E-state index contributed by atoms with van der Waals surface area (Å²) < 4.78 is 1.67. The predicted molar refractivity (Wildman–Crippen MR) is 144 cm³/mol. The molecule has 1 aliphatic heterocycles. The van der Waals surface area contributed by atoms with Gasteiger partial charge in [-0.25, -0.2) is 4.98 Å². The summed E-state index contributed by atoms with van der Waals surface area (Å²) in [6.45, 7) is 1.36. The largest absolute Gasteiger partial charge is 0.507 e. The van der Waals surface area contributed by atoms with Gasteiger partial charge in [0.1, 0.15) is 11.6 Å². The van der Waals surface area contributed by atoms with Gasteiger partial charge in [-0.05, 0) is 61.7 Å². The molecule has 0 amide bonds. The van der Waals surface area contributed by atoms with Gasteiger partial charge in [-0.1, -0.05) is 42.5 Å². The van der Waals surface area contributed by atoms with Crippen molar-refractivity contribution in [1.29, 1.82) is 0 Å². The number of aryl methyl sites for hydroxylation is 1. The quantitative estimate of drug-likeness (QED) is 0.353. The lowest BCUT2D eigenvalue weighted by Gasteiger charge is -2.18. The zero-order chi connectivity index (χ0) is 25.2. The highest BCUT2D eigenvalue weighted by Gasteiger charge is 2.24. The van der Waals surface area contributed by atoms with Crippen molar-refractivity contribution in [2.75, 3.05) is 6.54 Å². The molecule has 7 heteroatoms. The van der Waals surface area contributed by atoms with Crippen LogP contribution in [0.25, 0.3) is 33.5 Å². The molecule has 2 aromatic carbocycles. The van der Waals surface area contributed by atoms with E-state index in [1.54, 1.807) is 41.2 Å². The van der Waals surface area contributed by atoms with Crippen molar-refractivity contribution in [3.63, 3.8) is 0 Å². The van der Waals surface area contributed by atoms with Crippen LogP contribution in [0.2, 0.25) is 0 Å². The van der Waals surface area contributed by atoms with Crippen LogP contribution in [0.5, 0.6) is 5.75 Å². The van der Waals surface area contributed by atoms with Crippen molar-refractivity contribution >= 4 is 10.9 Å². The Balaban J connectivity index is 1.57. The fourth-order valence-corrected chi connectivity index (χ4v) is 5.14. The van der Waals surface area contributed by atoms with Crippen molar-refractivity contribution in [2.45, 2.75) is 31.8 Å². The zero-order valence-corrected chi connectivity index (χ0v) is 20.3. The molecule has 1 atom stereocenters. The van der Waals surface area contributed by atoms with Gasteiger partial charge in [0.15, 0.2) is 0 Å². The summed E-state index contributed by atoms with van der Waals surface area (Å²) in [4.78, 5) is 28.5. The molecule has 0 radical (unpaired) electrons. The van der Waals surface area contributed by atoms with Crippen molar-refractivity contribution in [2.24, 2.45) is 0 Å². The molecule has 37 heavy (non-hydrogen) atoms. The Morgan fingerprint density at radius 1 is 0.919 bits per heavy atom. The van der Waals surface area contributed by atoms with Gasteiger partial charge in [-0.3, -0.25) is 19.3 Å². The Labute approximate surface area is 214 Å². The van der Waals surface area contributed by atoms with E-state index in [9.17, 15) is 9.90 Å². The number of nitrogens with zero attached hydrogens (tertiary/aromatic N) is 4. The summed E-state index contributed by atoms with van der Waals surface area (Å²) in [5.41, 5.74) is 4.33. The van der Waals surface area contributed by atoms with E-state index in [2.05, 4.69) is 15.3 Å². The number of para-hydroxylation sites is 1. The summed E-state index contributed by atoms with van der Waals surface area (Å²) in [5, 5.41) is 14.6. The number of hydrogen-bond donors (Lipinski definition) is 2. The maximum Gasteiger partial charge on any atom is 0.263 e. The van der Waals surface area contributed by atoms with Crippen LogP contribution in [-0.2, 0) is 13.0 Å². The van der Waals surface area contributed by atoms with Crippen LogP contribution < -0.4 is 10.9 Å². The standard InChI is InChI=1S/C30H27N5O2/c36-25-13-5-4-10-21(25)29-34-23-14-18-33-28(22-11-6-17-32-27(22)24-12-7-16-31-24)26(23)30(37)35(29)19-15-20-8-2-1-3-9-20/h1-6,8-11,13-14,17-18,24,31,36H,7,12,15-16,19H2. The summed E-state index contributed by atoms with van der Waals surface area (Å²) >= 11 is 0. The smallest absolute Gasteiger partial charge is 0.263 e. The topological polar surface area (TPSA) is 92.9 Å². The molecule has 0 spiro atoms. The summed E-state index contributed by atoms with van der Waals surface area (Å²) in [7, 11) is 0. The first kappa shape index (κ1) is 23.1. The van der Waals surface area contributed by atoms with Gasteiger partial charge in [0.25, 0.3) is 5.56 Å². The second-order valence-corrected chi connectivity index (χ2v) is 9.28. The Hall–Kier alpha value is -4.36. The van der Waals surface area contributed by atoms with E-state index in [-0.39, 0.29) is 17.4 Å². The molecule has 5 aromatic rings. The molecule has 1 fully saturated rings. The van der Waals surface area contributed by atoms with Crippen LogP contribution in [0.15, 0.2) is 90.0 Å². The second-order valence-electron chi connectivity index (χ2n) is 9.28. The summed E-state index contributed by atoms with van der Waals surface area (Å²) in [6, 6.07) is 22.8. The first-order valence-electron chi connectivity index (χ1n) is 12.6. The normalized spacial score (nSPS) is 15.3. The number of nitrogens with one attached hydrogen (secondary N) is 1. The van der Waals surface area contributed by atoms with E-state index in [4.69, 9.17) is 4.98 Å². The zero-order valence-electron chi connectivity index (χ0n) is 20.3. The van der Waals surface area contributed by atoms with Crippen molar-refractivity contribution in [1.82, 2.24) is 24.8 Å². The molecule has 7 nitrogen and oxygen atoms in total. The monoisotopic (exact) mass is 489 g/mol. The van der Waals surface area contributed by atoms with E-state index < -0.39 is 0 Å². The fraction of sp³-hybridized carbons (Fsp3) is 0.200. The van der Waals surface area contributed by atoms with Crippen molar-refractivity contribution < 1.29 is 5.11 Å². The average Bonchev–Trinajstić information content (AvgIpc) is 3.48. The van der Waals surface area contributed by atoms with E-state index in [1.807, 2.05) is 48.5 Å². The number of fused-ring (bicyclic) bond motifs is 1. The molecule has 0 aliphatic carbocycles. The van der Waals surface area contributed by atoms with Gasteiger partial charge in [-0.2, -0.15) is 0 Å². The number of benzene rings is 2. The highest BCUT2D eigenvalue weighted by Crippen LogP contribution is 2.34. The third-order valence-electron chi connectivity index (χ3n) is 6.97. The number of phenolic OH excluding ortho intramolecular Hbond substituents is 1. The fourth-order valence-electron chi connectivity index (χ4n) is 5.14. The van der Waals surface area contributed by atoms with E-state index in [1.165, 1.54) is 0 Å². The third-order valence-corrected chi connectivity index (χ3v) is 6.97. The minimum absolute atomic E-state index is 0.0818. The first-order chi connectivity index (χ1) is 18.2. The highest BCUT2D eigenvalue weighted by molar-refractivity contribution is 5.93. The molecule has 0 bridgehead atoms. The molecule has 3 aromatic heterocycles. The van der Waals surface area contributed by atoms with Crippen LogP contribution >= 0.6 is 0 Å². The molecular formula is C30H27N5O2. The minimum atomic E-state index is -0.184. The average molecular weight is 490 g/mol. The van der Waals surface area contributed by atoms with Gasteiger partial charge in [0.05, 0.1) is 33.9 Å². The maximum absolute atomic E-state index is 14.2. The number of phenols is 1. The molecule has 4 heterocycles. The van der Waals surface area contributed by atoms with Gasteiger partial charge in [0.2, 0.25) is 0 Å². The van der Waals surface area contributed by atoms with Crippen LogP contribution in [0.4, 0.5) is 0 Å². The molecule has 0 saturated carbocycles. The second kappa shape index (κ2) is 9.95. The van der Waals surface area contributed by atoms with E-state index in [0.29, 0.717) is 41.0 Å². The third kappa shape index (κ3) is 4.38. The van der Waals surface area contributed by atoms with Gasteiger partial charge in [-0.15, -0.1) is 0 Å². The molecular weight excluding hydrogens is 462 g/mol. The molecule has 6 rings (SSSR count). The van der Waals surface area contributed by atoms with Crippen LogP contribution in [0, 0.1) is 0 Å². The number of pyridine rings is 2. The number of aromatic nitrogens is 4. The van der Waals surface area contributed by atoms with E-state index >= 15 is 0 Å². The SMILES string of the molecule is O=c1c2c(-c3cccnc3C3CCCN3)nccc2nc(-c2ccccc2O)n1CCc1ccccc1. The lowest BCUT2D eigenvalue weighted by atomic mass is 10.00. The van der Waals surface area contributed by atoms with Gasteiger partial charge >= 0.3 is 0 Å². The van der Waals surface area contributed by atoms with Gasteiger partial charge in [0, 0.05) is 24.5 Å². The van der Waals surface area contributed by atoms with Crippen LogP contribution in [0.3, 0.4) is 0 Å². The van der Waals surface area contributed by atoms with E-state index in [0.717, 1.165) is 36.2 Å². The summed E-state index contributed by atoms with van der Waals surface area (Å²) in [6.07, 6.45) is 6.20. The summed E-state index contributed by atoms with van der Waals surface area (Å²) in [5.74, 6) is 0.519. The van der Waals surface area contributed by atoms with Crippen LogP contribution in [-0.4, -0.2) is 31.2 Å². The Morgan fingerprint density at radius 3 is 2.54 bits per heavy atom. The lowest BCUT2D eigenvalue weighted by molar-refractivity contribution is 0.476. The molecule has 1 aliphatic rings. The molecule has 2 N–H and O–H groups in total. The minimum Gasteiger partial charge on any atom is -0.507 e. The predicted octanol–water partition coefficient (Wildman–Crippen LogP) is 4.89. The number of aromatic hydroxyl groups is 1. The van der Waals surface area contributed by atoms with Crippen molar-refractivity contribution in [3.05, 3.63) is 107 Å². The number of hydrogen-bond acceptors (Lipinski definition) is 6. The first-order valence-corrected chi connectivity index (χ1v) is 12.6. The Bertz CT molecular complexity index is 1630. The molecule has 1 saturated heterocycles. The van der Waals surface area contributed by atoms with Crippen LogP contribution in [0.1, 0.15) is 30.1 Å².